The summed E-state index contributed by atoms with van der Waals surface area (Å²) in [4.78, 5) is 34.9. The van der Waals surface area contributed by atoms with E-state index in [1.54, 1.807) is 32.9 Å². The Hall–Kier alpha value is -2.46. The predicted molar refractivity (Wildman–Crippen MR) is 108 cm³/mol. The van der Waals surface area contributed by atoms with E-state index in [1.165, 1.54) is 12.1 Å². The Morgan fingerprint density at radius 2 is 1.66 bits per heavy atom. The van der Waals surface area contributed by atoms with E-state index in [9.17, 15) is 22.8 Å². The summed E-state index contributed by atoms with van der Waals surface area (Å²) in [5.74, 6) is -1.27. The van der Waals surface area contributed by atoms with Crippen LogP contribution in [0.4, 0.5) is 4.79 Å². The van der Waals surface area contributed by atoms with Gasteiger partial charge in [0, 0.05) is 12.1 Å². The fourth-order valence-electron chi connectivity index (χ4n) is 2.16. The van der Waals surface area contributed by atoms with Crippen molar-refractivity contribution in [3.05, 3.63) is 29.8 Å². The van der Waals surface area contributed by atoms with Gasteiger partial charge in [0.2, 0.25) is 10.0 Å². The van der Waals surface area contributed by atoms with Crippen molar-refractivity contribution < 1.29 is 27.5 Å². The molecular weight excluding hydrogens is 398 g/mol. The van der Waals surface area contributed by atoms with Crippen molar-refractivity contribution in [1.29, 1.82) is 0 Å². The van der Waals surface area contributed by atoms with Crippen molar-refractivity contribution in [3.63, 3.8) is 0 Å². The molecule has 0 spiro atoms. The molecule has 0 unspecified atom stereocenters. The van der Waals surface area contributed by atoms with E-state index in [1.807, 2.05) is 19.2 Å². The topological polar surface area (TPSA) is 131 Å². The molecule has 29 heavy (non-hydrogen) atoms. The maximum absolute atomic E-state index is 12.2. The standard InChI is InChI=1S/C19H29N3O6S/c1-13(2)14-6-8-15(9-7-14)29(26,27)20-11-10-17(24)28-12-16(23)21-18(25)22-19(3,4)5/h6-9,13,20H,10-12H2,1-5H3,(H2,21,22,23,25). The number of carbonyl (C=O) groups is 3. The Kier molecular flexibility index (Phi) is 8.78. The molecule has 0 aliphatic carbocycles. The Morgan fingerprint density at radius 1 is 1.07 bits per heavy atom. The molecule has 0 saturated heterocycles. The molecule has 0 aliphatic heterocycles. The van der Waals surface area contributed by atoms with Gasteiger partial charge in [0.1, 0.15) is 0 Å². The second-order valence-electron chi connectivity index (χ2n) is 7.78. The molecule has 0 bridgehead atoms. The van der Waals surface area contributed by atoms with E-state index in [0.29, 0.717) is 0 Å². The van der Waals surface area contributed by atoms with Crippen molar-refractivity contribution >= 4 is 27.9 Å². The fraction of sp³-hybridized carbons (Fsp3) is 0.526. The number of amides is 3. The third kappa shape index (κ3) is 9.53. The molecule has 162 valence electrons. The molecular formula is C19H29N3O6S. The zero-order chi connectivity index (χ0) is 22.2. The van der Waals surface area contributed by atoms with Gasteiger partial charge in [0.15, 0.2) is 6.61 Å². The Balaban J connectivity index is 2.39. The summed E-state index contributed by atoms with van der Waals surface area (Å²) in [6.45, 7) is 8.43. The first kappa shape index (κ1) is 24.6. The minimum Gasteiger partial charge on any atom is -0.456 e. The van der Waals surface area contributed by atoms with Gasteiger partial charge in [-0.25, -0.2) is 17.9 Å². The molecule has 1 aromatic carbocycles. The lowest BCUT2D eigenvalue weighted by molar-refractivity contribution is -0.148. The molecule has 0 aliphatic rings. The fourth-order valence-corrected chi connectivity index (χ4v) is 3.19. The molecule has 0 radical (unpaired) electrons. The number of sulfonamides is 1. The number of hydrogen-bond donors (Lipinski definition) is 3. The normalized spacial score (nSPS) is 11.8. The largest absolute Gasteiger partial charge is 0.456 e. The zero-order valence-corrected chi connectivity index (χ0v) is 18.2. The molecule has 3 amide bonds. The molecule has 10 heteroatoms. The Morgan fingerprint density at radius 3 is 2.17 bits per heavy atom. The van der Waals surface area contributed by atoms with Gasteiger partial charge in [0.05, 0.1) is 11.3 Å². The molecule has 0 atom stereocenters. The van der Waals surface area contributed by atoms with Crippen LogP contribution in [0.1, 0.15) is 52.5 Å². The summed E-state index contributed by atoms with van der Waals surface area (Å²) < 4.78 is 31.5. The molecule has 1 rings (SSSR count). The summed E-state index contributed by atoms with van der Waals surface area (Å²) >= 11 is 0. The maximum Gasteiger partial charge on any atom is 0.321 e. The van der Waals surface area contributed by atoms with Crippen molar-refractivity contribution in [1.82, 2.24) is 15.4 Å². The minimum atomic E-state index is -3.75. The van der Waals surface area contributed by atoms with E-state index >= 15 is 0 Å². The summed E-state index contributed by atoms with van der Waals surface area (Å²) in [6.07, 6.45) is -0.259. The van der Waals surface area contributed by atoms with Crippen LogP contribution in [-0.2, 0) is 24.3 Å². The first-order valence-corrected chi connectivity index (χ1v) is 10.7. The second-order valence-corrected chi connectivity index (χ2v) is 9.55. The number of ether oxygens (including phenoxy) is 1. The van der Waals surface area contributed by atoms with Crippen LogP contribution in [0, 0.1) is 0 Å². The average molecular weight is 428 g/mol. The van der Waals surface area contributed by atoms with Gasteiger partial charge < -0.3 is 10.1 Å². The Bertz CT molecular complexity index is 826. The smallest absolute Gasteiger partial charge is 0.321 e. The lowest BCUT2D eigenvalue weighted by Gasteiger charge is -2.20. The summed E-state index contributed by atoms with van der Waals surface area (Å²) in [7, 11) is -3.75. The lowest BCUT2D eigenvalue weighted by atomic mass is 10.0. The highest BCUT2D eigenvalue weighted by Gasteiger charge is 2.17. The number of hydrogen-bond acceptors (Lipinski definition) is 6. The number of nitrogens with one attached hydrogen (secondary N) is 3. The van der Waals surface area contributed by atoms with E-state index < -0.39 is 40.1 Å². The van der Waals surface area contributed by atoms with Crippen molar-refractivity contribution in [2.45, 2.75) is 57.4 Å². The number of carbonyl (C=O) groups excluding carboxylic acids is 3. The van der Waals surface area contributed by atoms with Crippen molar-refractivity contribution in [3.8, 4) is 0 Å². The SMILES string of the molecule is CC(C)c1ccc(S(=O)(=O)NCCC(=O)OCC(=O)NC(=O)NC(C)(C)C)cc1. The van der Waals surface area contributed by atoms with Gasteiger partial charge in [-0.1, -0.05) is 26.0 Å². The number of rotatable bonds is 8. The highest BCUT2D eigenvalue weighted by atomic mass is 32.2. The average Bonchev–Trinajstić information content (AvgIpc) is 2.58. The van der Waals surface area contributed by atoms with Gasteiger partial charge in [-0.15, -0.1) is 0 Å². The van der Waals surface area contributed by atoms with Gasteiger partial charge >= 0.3 is 12.0 Å². The number of imide groups is 1. The van der Waals surface area contributed by atoms with Gasteiger partial charge in [0.25, 0.3) is 5.91 Å². The van der Waals surface area contributed by atoms with Crippen LogP contribution >= 0.6 is 0 Å². The van der Waals surface area contributed by atoms with Crippen LogP contribution in [0.5, 0.6) is 0 Å². The number of esters is 1. The van der Waals surface area contributed by atoms with E-state index in [0.717, 1.165) is 5.56 Å². The molecule has 0 aromatic heterocycles. The van der Waals surface area contributed by atoms with E-state index in [2.05, 4.69) is 10.0 Å². The summed E-state index contributed by atoms with van der Waals surface area (Å²) in [6, 6.07) is 5.78. The predicted octanol–water partition coefficient (Wildman–Crippen LogP) is 1.65. The van der Waals surface area contributed by atoms with Crippen LogP contribution < -0.4 is 15.4 Å². The monoisotopic (exact) mass is 427 g/mol. The zero-order valence-electron chi connectivity index (χ0n) is 17.4. The van der Waals surface area contributed by atoms with Crippen LogP contribution in [0.2, 0.25) is 0 Å². The molecule has 3 N–H and O–H groups in total. The summed E-state index contributed by atoms with van der Waals surface area (Å²) in [5.41, 5.74) is 0.495. The van der Waals surface area contributed by atoms with Crippen LogP contribution in [0.25, 0.3) is 0 Å². The lowest BCUT2D eigenvalue weighted by Crippen LogP contribution is -2.49. The molecule has 0 fully saturated rings. The van der Waals surface area contributed by atoms with Gasteiger partial charge in [-0.05, 0) is 44.4 Å². The second kappa shape index (κ2) is 10.4. The van der Waals surface area contributed by atoms with Crippen molar-refractivity contribution in [2.24, 2.45) is 0 Å². The Labute approximate surface area is 171 Å². The molecule has 0 saturated carbocycles. The highest BCUT2D eigenvalue weighted by molar-refractivity contribution is 7.89. The van der Waals surface area contributed by atoms with Crippen LogP contribution in [-0.4, -0.2) is 45.0 Å². The van der Waals surface area contributed by atoms with E-state index in [4.69, 9.17) is 4.74 Å². The number of benzene rings is 1. The number of urea groups is 1. The summed E-state index contributed by atoms with van der Waals surface area (Å²) in [5, 5.41) is 4.55. The van der Waals surface area contributed by atoms with E-state index in [-0.39, 0.29) is 23.8 Å². The first-order chi connectivity index (χ1) is 13.3. The third-order valence-corrected chi connectivity index (χ3v) is 5.06. The quantitative estimate of drug-likeness (QED) is 0.541. The molecule has 9 nitrogen and oxygen atoms in total. The van der Waals surface area contributed by atoms with Gasteiger partial charge in [-0.3, -0.25) is 14.9 Å². The third-order valence-electron chi connectivity index (χ3n) is 3.58. The van der Waals surface area contributed by atoms with Crippen molar-refractivity contribution in [2.75, 3.05) is 13.2 Å². The van der Waals surface area contributed by atoms with Gasteiger partial charge in [-0.2, -0.15) is 0 Å². The maximum atomic E-state index is 12.2. The minimum absolute atomic E-state index is 0.0968. The molecule has 0 heterocycles. The molecule has 1 aromatic rings. The van der Waals surface area contributed by atoms with Crippen LogP contribution in [0.15, 0.2) is 29.2 Å². The first-order valence-electron chi connectivity index (χ1n) is 9.17. The van der Waals surface area contributed by atoms with Crippen LogP contribution in [0.3, 0.4) is 0 Å². The highest BCUT2D eigenvalue weighted by Crippen LogP contribution is 2.17.